The molecule has 0 fully saturated rings. The van der Waals surface area contributed by atoms with E-state index < -0.39 is 16.6 Å². The largest absolute Gasteiger partial charge is 0.348 e. The van der Waals surface area contributed by atoms with E-state index in [1.807, 2.05) is 0 Å². The van der Waals surface area contributed by atoms with Gasteiger partial charge in [-0.15, -0.1) is 0 Å². The third kappa shape index (κ3) is 3.85. The van der Waals surface area contributed by atoms with Crippen LogP contribution in [0.2, 0.25) is 0 Å². The zero-order chi connectivity index (χ0) is 15.4. The zero-order valence-electron chi connectivity index (χ0n) is 10.7. The van der Waals surface area contributed by atoms with E-state index in [2.05, 4.69) is 21.2 Å². The first kappa shape index (κ1) is 15.1. The molecule has 2 aromatic rings. The van der Waals surface area contributed by atoms with Crippen LogP contribution in [0, 0.1) is 15.9 Å². The van der Waals surface area contributed by atoms with Gasteiger partial charge in [0.05, 0.1) is 4.92 Å². The van der Waals surface area contributed by atoms with Gasteiger partial charge in [-0.1, -0.05) is 15.9 Å². The van der Waals surface area contributed by atoms with Gasteiger partial charge in [-0.2, -0.15) is 0 Å². The van der Waals surface area contributed by atoms with Gasteiger partial charge in [0.15, 0.2) is 0 Å². The molecule has 1 N–H and O–H groups in total. The average molecular weight is 353 g/mol. The van der Waals surface area contributed by atoms with Gasteiger partial charge >= 0.3 is 0 Å². The van der Waals surface area contributed by atoms with Gasteiger partial charge in [-0.3, -0.25) is 14.9 Å². The van der Waals surface area contributed by atoms with Crippen molar-refractivity contribution in [1.29, 1.82) is 0 Å². The molecule has 0 aliphatic carbocycles. The molecule has 0 aliphatic rings. The molecule has 2 rings (SSSR count). The first-order valence-corrected chi connectivity index (χ1v) is 6.73. The van der Waals surface area contributed by atoms with E-state index in [-0.39, 0.29) is 17.8 Å². The minimum atomic E-state index is -0.543. The number of halogens is 2. The Balaban J connectivity index is 2.04. The minimum absolute atomic E-state index is 0.0289. The molecule has 0 saturated carbocycles. The number of hydrogen-bond acceptors (Lipinski definition) is 3. The van der Waals surface area contributed by atoms with Crippen molar-refractivity contribution in [3.05, 3.63) is 74.0 Å². The summed E-state index contributed by atoms with van der Waals surface area (Å²) in [6.45, 7) is 0.0289. The molecule has 0 atom stereocenters. The Bertz CT molecular complexity index is 689. The minimum Gasteiger partial charge on any atom is -0.348 e. The summed E-state index contributed by atoms with van der Waals surface area (Å²) in [5.74, 6) is -0.841. The third-order valence-electron chi connectivity index (χ3n) is 2.79. The van der Waals surface area contributed by atoms with Crippen LogP contribution in [0.25, 0.3) is 0 Å². The number of rotatable bonds is 4. The van der Waals surface area contributed by atoms with E-state index in [1.54, 1.807) is 12.1 Å². The van der Waals surface area contributed by atoms with Gasteiger partial charge in [0.2, 0.25) is 0 Å². The average Bonchev–Trinajstić information content (AvgIpc) is 2.48. The van der Waals surface area contributed by atoms with Gasteiger partial charge in [0.1, 0.15) is 5.82 Å². The zero-order valence-corrected chi connectivity index (χ0v) is 12.3. The molecule has 0 bridgehead atoms. The summed E-state index contributed by atoms with van der Waals surface area (Å²) in [6.07, 6.45) is 0. The smallest absolute Gasteiger partial charge is 0.269 e. The molecule has 7 heteroatoms. The van der Waals surface area contributed by atoms with Crippen molar-refractivity contribution < 1.29 is 14.1 Å². The number of nitrogens with one attached hydrogen (secondary N) is 1. The van der Waals surface area contributed by atoms with E-state index in [9.17, 15) is 19.3 Å². The quantitative estimate of drug-likeness (QED) is 0.676. The summed E-state index contributed by atoms with van der Waals surface area (Å²) >= 11 is 3.23. The molecule has 5 nitrogen and oxygen atoms in total. The molecule has 0 radical (unpaired) electrons. The van der Waals surface area contributed by atoms with Crippen molar-refractivity contribution in [2.75, 3.05) is 0 Å². The van der Waals surface area contributed by atoms with E-state index in [4.69, 9.17) is 0 Å². The molecule has 0 spiro atoms. The molecule has 1 amide bonds. The van der Waals surface area contributed by atoms with Crippen LogP contribution in [0.1, 0.15) is 15.9 Å². The van der Waals surface area contributed by atoms with Crippen LogP contribution >= 0.6 is 15.9 Å². The summed E-state index contributed by atoms with van der Waals surface area (Å²) in [5, 5.41) is 13.1. The van der Waals surface area contributed by atoms with E-state index >= 15 is 0 Å². The first-order chi connectivity index (χ1) is 9.97. The van der Waals surface area contributed by atoms with Crippen LogP contribution in [-0.4, -0.2) is 10.8 Å². The predicted molar refractivity (Wildman–Crippen MR) is 78.4 cm³/mol. The lowest BCUT2D eigenvalue weighted by Crippen LogP contribution is -2.23. The molecular formula is C14H10BrFN2O3. The molecular weight excluding hydrogens is 343 g/mol. The third-order valence-corrected chi connectivity index (χ3v) is 3.28. The molecule has 0 aromatic heterocycles. The lowest BCUT2D eigenvalue weighted by Gasteiger charge is -2.07. The van der Waals surface area contributed by atoms with Gasteiger partial charge in [0, 0.05) is 34.3 Å². The topological polar surface area (TPSA) is 72.2 Å². The highest BCUT2D eigenvalue weighted by Crippen LogP contribution is 2.16. The van der Waals surface area contributed by atoms with Crippen molar-refractivity contribution in [2.24, 2.45) is 0 Å². The molecule has 108 valence electrons. The number of nitro groups is 1. The maximum absolute atomic E-state index is 13.5. The standard InChI is InChI=1S/C14H10BrFN2O3/c15-11-3-6-13(16)10(7-11)8-17-14(19)9-1-4-12(5-2-9)18(20)21/h1-7H,8H2,(H,17,19). The van der Waals surface area contributed by atoms with Gasteiger partial charge < -0.3 is 5.32 Å². The summed E-state index contributed by atoms with van der Waals surface area (Å²) < 4.78 is 14.2. The van der Waals surface area contributed by atoms with Crippen molar-refractivity contribution in [1.82, 2.24) is 5.32 Å². The maximum Gasteiger partial charge on any atom is 0.269 e. The van der Waals surface area contributed by atoms with Crippen molar-refractivity contribution in [3.8, 4) is 0 Å². The number of hydrogen-bond donors (Lipinski definition) is 1. The molecule has 0 saturated heterocycles. The number of nitrogens with zero attached hydrogens (tertiary/aromatic N) is 1. The Morgan fingerprint density at radius 1 is 1.24 bits per heavy atom. The number of carbonyl (C=O) groups is 1. The van der Waals surface area contributed by atoms with E-state index in [1.165, 1.54) is 30.3 Å². The first-order valence-electron chi connectivity index (χ1n) is 5.94. The molecule has 0 heterocycles. The highest BCUT2D eigenvalue weighted by Gasteiger charge is 2.10. The monoisotopic (exact) mass is 352 g/mol. The molecule has 21 heavy (non-hydrogen) atoms. The van der Waals surface area contributed by atoms with E-state index in [0.717, 1.165) is 0 Å². The van der Waals surface area contributed by atoms with Crippen molar-refractivity contribution >= 4 is 27.5 Å². The Labute approximate surface area is 128 Å². The van der Waals surface area contributed by atoms with Crippen LogP contribution in [0.3, 0.4) is 0 Å². The highest BCUT2D eigenvalue weighted by molar-refractivity contribution is 9.10. The normalized spacial score (nSPS) is 10.2. The van der Waals surface area contributed by atoms with Crippen LogP contribution < -0.4 is 5.32 Å². The second-order valence-corrected chi connectivity index (χ2v) is 5.14. The van der Waals surface area contributed by atoms with Gasteiger partial charge in [0.25, 0.3) is 11.6 Å². The van der Waals surface area contributed by atoms with Crippen LogP contribution in [0.4, 0.5) is 10.1 Å². The fourth-order valence-electron chi connectivity index (χ4n) is 1.69. The fourth-order valence-corrected chi connectivity index (χ4v) is 2.10. The molecule has 0 aliphatic heterocycles. The van der Waals surface area contributed by atoms with Crippen LogP contribution in [0.5, 0.6) is 0 Å². The molecule has 2 aromatic carbocycles. The number of non-ortho nitro benzene ring substituents is 1. The maximum atomic E-state index is 13.5. The van der Waals surface area contributed by atoms with Gasteiger partial charge in [-0.05, 0) is 30.3 Å². The lowest BCUT2D eigenvalue weighted by atomic mass is 10.1. The van der Waals surface area contributed by atoms with Crippen LogP contribution in [0.15, 0.2) is 46.9 Å². The summed E-state index contributed by atoms with van der Waals surface area (Å²) in [4.78, 5) is 21.9. The SMILES string of the molecule is O=C(NCc1cc(Br)ccc1F)c1ccc([N+](=O)[O-])cc1. The van der Waals surface area contributed by atoms with Crippen molar-refractivity contribution in [3.63, 3.8) is 0 Å². The summed E-state index contributed by atoms with van der Waals surface area (Å²) in [7, 11) is 0. The predicted octanol–water partition coefficient (Wildman–Crippen LogP) is 3.43. The van der Waals surface area contributed by atoms with Crippen LogP contribution in [-0.2, 0) is 6.54 Å². The Morgan fingerprint density at radius 2 is 1.90 bits per heavy atom. The number of amides is 1. The Kier molecular flexibility index (Phi) is 4.64. The lowest BCUT2D eigenvalue weighted by molar-refractivity contribution is -0.384. The van der Waals surface area contributed by atoms with Crippen molar-refractivity contribution in [2.45, 2.75) is 6.54 Å². The summed E-state index contributed by atoms with van der Waals surface area (Å²) in [5.41, 5.74) is 0.528. The number of benzene rings is 2. The number of carbonyl (C=O) groups excluding carboxylic acids is 1. The second kappa shape index (κ2) is 6.45. The molecule has 0 unspecified atom stereocenters. The Morgan fingerprint density at radius 3 is 2.52 bits per heavy atom. The summed E-state index contributed by atoms with van der Waals surface area (Å²) in [6, 6.07) is 9.64. The number of nitro benzene ring substituents is 1. The Hall–Kier alpha value is -2.28. The highest BCUT2D eigenvalue weighted by atomic mass is 79.9. The van der Waals surface area contributed by atoms with E-state index in [0.29, 0.717) is 10.0 Å². The fraction of sp³-hybridized carbons (Fsp3) is 0.0714. The second-order valence-electron chi connectivity index (χ2n) is 4.22. The van der Waals surface area contributed by atoms with Gasteiger partial charge in [-0.25, -0.2) is 4.39 Å².